The van der Waals surface area contributed by atoms with E-state index in [0.717, 1.165) is 9.79 Å². The van der Waals surface area contributed by atoms with Crippen molar-refractivity contribution in [2.45, 2.75) is 9.79 Å². The van der Waals surface area contributed by atoms with Crippen molar-refractivity contribution in [3.05, 3.63) is 70.0 Å². The Kier molecular flexibility index (Phi) is 6.03. The second-order valence-electron chi connectivity index (χ2n) is 4.44. The first-order valence-corrected chi connectivity index (χ1v) is 7.54. The minimum Gasteiger partial charge on any atom is -0.761 e. The summed E-state index contributed by atoms with van der Waals surface area (Å²) in [4.78, 5) is 17.1. The smallest absolute Gasteiger partial charge is 0.186 e. The van der Waals surface area contributed by atoms with Crippen LogP contribution in [0.3, 0.4) is 0 Å². The second-order valence-corrected chi connectivity index (χ2v) is 5.58. The third-order valence-electron chi connectivity index (χ3n) is 2.98. The molecule has 118 valence electrons. The van der Waals surface area contributed by atoms with Crippen molar-refractivity contribution in [1.82, 2.24) is 0 Å². The Hall–Kier alpha value is -3.20. The molecule has 0 N–H and O–H groups in total. The first kappa shape index (κ1) is 17.2. The summed E-state index contributed by atoms with van der Waals surface area (Å²) in [6.07, 6.45) is 0. The van der Waals surface area contributed by atoms with Crippen molar-refractivity contribution in [3.8, 4) is 6.07 Å². The largest absolute Gasteiger partial charge is 0.761 e. The number of rotatable bonds is 6. The topological polar surface area (TPSA) is 97.1 Å². The number of oxime groups is 1. The molecule has 0 fully saturated rings. The third kappa shape index (κ3) is 4.17. The van der Waals surface area contributed by atoms with Crippen molar-refractivity contribution in [2.24, 2.45) is 10.3 Å². The van der Waals surface area contributed by atoms with Gasteiger partial charge in [-0.2, -0.15) is 5.26 Å². The molecule has 0 saturated heterocycles. The Morgan fingerprint density at radius 3 is 2.04 bits per heavy atom. The second kappa shape index (κ2) is 8.44. The van der Waals surface area contributed by atoms with Crippen LogP contribution in [0.2, 0.25) is 0 Å². The zero-order chi connectivity index (χ0) is 17.4. The summed E-state index contributed by atoms with van der Waals surface area (Å²) in [7, 11) is 1.39. The molecule has 0 saturated carbocycles. The molecule has 7 heteroatoms. The van der Waals surface area contributed by atoms with Gasteiger partial charge in [-0.15, -0.1) is 4.91 Å². The van der Waals surface area contributed by atoms with Crippen LogP contribution in [0, 0.1) is 16.2 Å². The molecule has 0 bridgehead atoms. The van der Waals surface area contributed by atoms with E-state index in [0.29, 0.717) is 11.1 Å². The van der Waals surface area contributed by atoms with E-state index >= 15 is 0 Å². The Labute approximate surface area is 142 Å². The van der Waals surface area contributed by atoms with E-state index in [1.165, 1.54) is 18.9 Å². The van der Waals surface area contributed by atoms with Gasteiger partial charge in [0.25, 0.3) is 0 Å². The quantitative estimate of drug-likeness (QED) is 0.451. The average molecular weight is 335 g/mol. The summed E-state index contributed by atoms with van der Waals surface area (Å²) in [5, 5.41) is 24.1. The SMILES string of the molecule is CO/N=C(\C#N)c1ccc(Sc2ccc(C(=C=[N-])N=O)cc2)cc1. The molecule has 0 radical (unpaired) electrons. The van der Waals surface area contributed by atoms with E-state index in [-0.39, 0.29) is 11.4 Å². The van der Waals surface area contributed by atoms with Gasteiger partial charge in [-0.3, -0.25) is 0 Å². The highest BCUT2D eigenvalue weighted by Gasteiger charge is 2.05. The Balaban J connectivity index is 2.14. The molecule has 0 aromatic heterocycles. The maximum atomic E-state index is 10.5. The molecular formula is C17H11N4O2S-. The highest BCUT2D eigenvalue weighted by atomic mass is 32.2. The van der Waals surface area contributed by atoms with Crippen LogP contribution in [0.1, 0.15) is 11.1 Å². The van der Waals surface area contributed by atoms with Gasteiger partial charge in [0, 0.05) is 20.9 Å². The molecule has 0 amide bonds. The molecule has 6 nitrogen and oxygen atoms in total. The molecular weight excluding hydrogens is 324 g/mol. The summed E-state index contributed by atoms with van der Waals surface area (Å²) >= 11 is 1.51. The lowest BCUT2D eigenvalue weighted by Gasteiger charge is -2.04. The van der Waals surface area contributed by atoms with Gasteiger partial charge in [-0.05, 0) is 29.4 Å². The van der Waals surface area contributed by atoms with Gasteiger partial charge in [0.1, 0.15) is 18.9 Å². The number of hydrogen-bond acceptors (Lipinski definition) is 6. The van der Waals surface area contributed by atoms with Crippen molar-refractivity contribution in [2.75, 3.05) is 7.11 Å². The normalized spacial score (nSPS) is 10.4. The zero-order valence-corrected chi connectivity index (χ0v) is 13.4. The molecule has 0 spiro atoms. The van der Waals surface area contributed by atoms with E-state index < -0.39 is 0 Å². The lowest BCUT2D eigenvalue weighted by molar-refractivity contribution is 0.214. The van der Waals surface area contributed by atoms with Gasteiger partial charge in [0.05, 0.1) is 0 Å². The molecule has 0 unspecified atom stereocenters. The van der Waals surface area contributed by atoms with Crippen LogP contribution in [0.15, 0.2) is 68.7 Å². The molecule has 2 aromatic carbocycles. The van der Waals surface area contributed by atoms with Crippen molar-refractivity contribution >= 4 is 29.0 Å². The standard InChI is InChI=1S/C17H11N4O2S/c1-23-21-17(11-19)13-4-8-15(9-5-13)24-14-6-2-12(3-7-14)16(10-18)20-22/h2-9H,1H3/q-1/b21-17+. The van der Waals surface area contributed by atoms with Gasteiger partial charge >= 0.3 is 0 Å². The fourth-order valence-corrected chi connectivity index (χ4v) is 2.68. The molecule has 2 aromatic rings. The van der Waals surface area contributed by atoms with Crippen molar-refractivity contribution in [3.63, 3.8) is 0 Å². The van der Waals surface area contributed by atoms with Crippen LogP contribution in [0.5, 0.6) is 0 Å². The molecule has 0 aliphatic heterocycles. The Morgan fingerprint density at radius 1 is 1.08 bits per heavy atom. The minimum atomic E-state index is -0.141. The first-order valence-electron chi connectivity index (χ1n) is 6.72. The summed E-state index contributed by atoms with van der Waals surface area (Å²) in [5.41, 5.74) is 1.22. The van der Waals surface area contributed by atoms with Crippen LogP contribution in [-0.4, -0.2) is 18.7 Å². The maximum Gasteiger partial charge on any atom is 0.186 e. The van der Waals surface area contributed by atoms with Crippen molar-refractivity contribution in [1.29, 1.82) is 5.26 Å². The zero-order valence-electron chi connectivity index (χ0n) is 12.6. The highest BCUT2D eigenvalue weighted by Crippen LogP contribution is 2.29. The lowest BCUT2D eigenvalue weighted by Crippen LogP contribution is -1.97. The van der Waals surface area contributed by atoms with Crippen LogP contribution in [-0.2, 0) is 4.84 Å². The first-order chi connectivity index (χ1) is 11.7. The number of benzene rings is 2. The fraction of sp³-hybridized carbons (Fsp3) is 0.0588. The van der Waals surface area contributed by atoms with E-state index in [9.17, 15) is 4.91 Å². The lowest BCUT2D eigenvalue weighted by atomic mass is 10.1. The van der Waals surface area contributed by atoms with E-state index in [1.807, 2.05) is 30.3 Å². The van der Waals surface area contributed by atoms with Gasteiger partial charge in [-0.1, -0.05) is 41.2 Å². The van der Waals surface area contributed by atoms with E-state index in [1.54, 1.807) is 30.1 Å². The highest BCUT2D eigenvalue weighted by molar-refractivity contribution is 7.99. The molecule has 0 aliphatic rings. The van der Waals surface area contributed by atoms with E-state index in [4.69, 9.17) is 10.7 Å². The third-order valence-corrected chi connectivity index (χ3v) is 3.99. The van der Waals surface area contributed by atoms with Crippen LogP contribution in [0.25, 0.3) is 11.1 Å². The Morgan fingerprint density at radius 2 is 1.62 bits per heavy atom. The predicted molar refractivity (Wildman–Crippen MR) is 93.7 cm³/mol. The molecule has 2 rings (SSSR count). The summed E-state index contributed by atoms with van der Waals surface area (Å²) in [6, 6.07) is 16.3. The number of nitrogens with zero attached hydrogens (tertiary/aromatic N) is 4. The van der Waals surface area contributed by atoms with Crippen LogP contribution >= 0.6 is 11.8 Å². The molecule has 24 heavy (non-hydrogen) atoms. The summed E-state index contributed by atoms with van der Waals surface area (Å²) in [5.74, 6) is 1.75. The van der Waals surface area contributed by atoms with Gasteiger partial charge in [0.15, 0.2) is 5.71 Å². The minimum absolute atomic E-state index is 0.141. The summed E-state index contributed by atoms with van der Waals surface area (Å²) in [6.45, 7) is 0. The number of nitriles is 1. The fourth-order valence-electron chi connectivity index (χ4n) is 1.86. The van der Waals surface area contributed by atoms with Gasteiger partial charge < -0.3 is 10.2 Å². The van der Waals surface area contributed by atoms with Crippen molar-refractivity contribution < 1.29 is 4.84 Å². The van der Waals surface area contributed by atoms with Crippen LogP contribution < -0.4 is 0 Å². The van der Waals surface area contributed by atoms with Gasteiger partial charge in [0.2, 0.25) is 0 Å². The maximum absolute atomic E-state index is 10.5. The Bertz CT molecular complexity index is 846. The monoisotopic (exact) mass is 335 g/mol. The van der Waals surface area contributed by atoms with Crippen LogP contribution in [0.4, 0.5) is 0 Å². The number of nitroso groups, excluding NO2 is 1. The molecule has 0 aliphatic carbocycles. The summed E-state index contributed by atoms with van der Waals surface area (Å²) < 4.78 is 0. The number of hydrogen-bond donors (Lipinski definition) is 0. The van der Waals surface area contributed by atoms with Gasteiger partial charge in [-0.25, -0.2) is 5.87 Å². The molecule has 0 heterocycles. The molecule has 0 atom stereocenters. The van der Waals surface area contributed by atoms with E-state index in [2.05, 4.69) is 15.2 Å². The average Bonchev–Trinajstić information content (AvgIpc) is 2.63. The predicted octanol–water partition coefficient (Wildman–Crippen LogP) is 4.06.